The molecule has 3 aromatic rings. The lowest BCUT2D eigenvalue weighted by molar-refractivity contribution is -0.384. The molecule has 0 aliphatic rings. The zero-order chi connectivity index (χ0) is 30.9. The van der Waals surface area contributed by atoms with Gasteiger partial charge in [-0.15, -0.1) is 0 Å². The van der Waals surface area contributed by atoms with Gasteiger partial charge < -0.3 is 15.0 Å². The Morgan fingerprint density at radius 1 is 1.00 bits per heavy atom. The van der Waals surface area contributed by atoms with E-state index in [1.165, 1.54) is 24.1 Å². The van der Waals surface area contributed by atoms with Crippen LogP contribution < -0.4 is 14.4 Å². The molecule has 42 heavy (non-hydrogen) atoms. The number of nitrogens with one attached hydrogen (secondary N) is 1. The van der Waals surface area contributed by atoms with Crippen LogP contribution in [0.4, 0.5) is 11.4 Å². The number of non-ortho nitro benzene ring substituents is 1. The molecule has 11 nitrogen and oxygen atoms in total. The molecule has 224 valence electrons. The average molecular weight is 597 g/mol. The Kier molecular flexibility index (Phi) is 11.0. The van der Waals surface area contributed by atoms with Crippen molar-refractivity contribution in [1.82, 2.24) is 10.2 Å². The molecule has 0 spiro atoms. The number of nitro groups is 1. The standard InChI is InChI=1S/C30H36N4O7S/c1-5-22(2)31-30(36)27(18-23-12-8-6-9-13-23)32(20-24-14-10-7-11-15-24)29(35)21-33(42(4,39)40)26-19-25(34(37)38)16-17-28(26)41-3/h6-17,19,22,27H,5,18,20-21H2,1-4H3,(H,31,36)/t22-,27+/m0/s1. The van der Waals surface area contributed by atoms with Crippen LogP contribution in [0.2, 0.25) is 0 Å². The van der Waals surface area contributed by atoms with Gasteiger partial charge in [0.05, 0.1) is 18.3 Å². The van der Waals surface area contributed by atoms with E-state index in [1.54, 1.807) is 12.1 Å². The van der Waals surface area contributed by atoms with Crippen molar-refractivity contribution in [3.05, 3.63) is 100 Å². The first-order valence-corrected chi connectivity index (χ1v) is 15.3. The molecule has 0 heterocycles. The summed E-state index contributed by atoms with van der Waals surface area (Å²) in [5, 5.41) is 14.5. The molecular formula is C30H36N4O7S. The Hall–Kier alpha value is -4.45. The van der Waals surface area contributed by atoms with E-state index in [9.17, 15) is 28.1 Å². The van der Waals surface area contributed by atoms with E-state index in [-0.39, 0.29) is 42.0 Å². The van der Waals surface area contributed by atoms with Crippen LogP contribution in [0.15, 0.2) is 78.9 Å². The van der Waals surface area contributed by atoms with Gasteiger partial charge in [-0.05, 0) is 30.5 Å². The van der Waals surface area contributed by atoms with Crippen LogP contribution >= 0.6 is 0 Å². The van der Waals surface area contributed by atoms with Crippen LogP contribution in [0, 0.1) is 10.1 Å². The van der Waals surface area contributed by atoms with Crippen molar-refractivity contribution in [3.8, 4) is 5.75 Å². The molecule has 0 radical (unpaired) electrons. The molecule has 1 N–H and O–H groups in total. The number of hydrogen-bond acceptors (Lipinski definition) is 7. The highest BCUT2D eigenvalue weighted by molar-refractivity contribution is 7.92. The highest BCUT2D eigenvalue weighted by Gasteiger charge is 2.34. The van der Waals surface area contributed by atoms with Gasteiger partial charge in [-0.2, -0.15) is 0 Å². The summed E-state index contributed by atoms with van der Waals surface area (Å²) in [6.07, 6.45) is 1.75. The highest BCUT2D eigenvalue weighted by atomic mass is 32.2. The number of nitro benzene ring substituents is 1. The van der Waals surface area contributed by atoms with Crippen molar-refractivity contribution in [1.29, 1.82) is 0 Å². The van der Waals surface area contributed by atoms with Crippen LogP contribution in [0.1, 0.15) is 31.4 Å². The van der Waals surface area contributed by atoms with Gasteiger partial charge in [0.2, 0.25) is 21.8 Å². The second kappa shape index (κ2) is 14.4. The third-order valence-corrected chi connectivity index (χ3v) is 7.92. The first kappa shape index (κ1) is 32.1. The maximum absolute atomic E-state index is 14.2. The summed E-state index contributed by atoms with van der Waals surface area (Å²) in [5.41, 5.74) is 1.01. The minimum atomic E-state index is -4.14. The average Bonchev–Trinajstić information content (AvgIpc) is 2.97. The molecule has 3 aromatic carbocycles. The number of carbonyl (C=O) groups excluding carboxylic acids is 2. The molecule has 0 fully saturated rings. The van der Waals surface area contributed by atoms with E-state index in [2.05, 4.69) is 5.32 Å². The summed E-state index contributed by atoms with van der Waals surface area (Å²) >= 11 is 0. The number of amides is 2. The normalized spacial score (nSPS) is 12.6. The number of rotatable bonds is 14. The second-order valence-corrected chi connectivity index (χ2v) is 11.8. The molecule has 0 bridgehead atoms. The minimum Gasteiger partial charge on any atom is -0.495 e. The first-order chi connectivity index (χ1) is 19.9. The van der Waals surface area contributed by atoms with E-state index in [4.69, 9.17) is 4.74 Å². The zero-order valence-electron chi connectivity index (χ0n) is 24.1. The van der Waals surface area contributed by atoms with E-state index >= 15 is 0 Å². The lowest BCUT2D eigenvalue weighted by Gasteiger charge is -2.34. The minimum absolute atomic E-state index is 0.0226. The van der Waals surface area contributed by atoms with E-state index in [0.717, 1.165) is 27.8 Å². The topological polar surface area (TPSA) is 139 Å². The van der Waals surface area contributed by atoms with Gasteiger partial charge in [0, 0.05) is 31.1 Å². The van der Waals surface area contributed by atoms with Crippen molar-refractivity contribution < 1.29 is 27.7 Å². The van der Waals surface area contributed by atoms with Gasteiger partial charge in [-0.1, -0.05) is 67.6 Å². The number of anilines is 1. The van der Waals surface area contributed by atoms with Crippen molar-refractivity contribution in [2.45, 2.75) is 45.3 Å². The van der Waals surface area contributed by atoms with Gasteiger partial charge in [0.25, 0.3) is 5.69 Å². The van der Waals surface area contributed by atoms with Crippen molar-refractivity contribution in [2.24, 2.45) is 0 Å². The quantitative estimate of drug-likeness (QED) is 0.220. The molecular weight excluding hydrogens is 560 g/mol. The summed E-state index contributed by atoms with van der Waals surface area (Å²) in [7, 11) is -2.84. The van der Waals surface area contributed by atoms with Gasteiger partial charge >= 0.3 is 0 Å². The monoisotopic (exact) mass is 596 g/mol. The highest BCUT2D eigenvalue weighted by Crippen LogP contribution is 2.34. The molecule has 0 aliphatic carbocycles. The fourth-order valence-corrected chi connectivity index (χ4v) is 5.20. The maximum atomic E-state index is 14.2. The molecule has 0 aromatic heterocycles. The summed E-state index contributed by atoms with van der Waals surface area (Å²) in [6, 6.07) is 20.6. The van der Waals surface area contributed by atoms with Gasteiger partial charge in [0.15, 0.2) is 0 Å². The smallest absolute Gasteiger partial charge is 0.271 e. The number of carbonyl (C=O) groups is 2. The maximum Gasteiger partial charge on any atom is 0.271 e. The van der Waals surface area contributed by atoms with Crippen molar-refractivity contribution in [2.75, 3.05) is 24.2 Å². The lowest BCUT2D eigenvalue weighted by atomic mass is 10.0. The van der Waals surface area contributed by atoms with Crippen LogP contribution in [0.3, 0.4) is 0 Å². The van der Waals surface area contributed by atoms with Crippen LogP contribution in [0.25, 0.3) is 0 Å². The number of hydrogen-bond donors (Lipinski definition) is 1. The van der Waals surface area contributed by atoms with E-state index in [1.807, 2.05) is 62.4 Å². The Balaban J connectivity index is 2.11. The number of nitrogens with zero attached hydrogens (tertiary/aromatic N) is 3. The van der Waals surface area contributed by atoms with E-state index < -0.39 is 33.4 Å². The third-order valence-electron chi connectivity index (χ3n) is 6.79. The molecule has 12 heteroatoms. The molecule has 0 unspecified atom stereocenters. The van der Waals surface area contributed by atoms with Crippen LogP contribution in [-0.4, -0.2) is 62.0 Å². The number of ether oxygens (including phenoxy) is 1. The van der Waals surface area contributed by atoms with Gasteiger partial charge in [-0.25, -0.2) is 8.42 Å². The van der Waals surface area contributed by atoms with Gasteiger partial charge in [-0.3, -0.25) is 24.0 Å². The summed E-state index contributed by atoms with van der Waals surface area (Å²) < 4.78 is 32.1. The largest absolute Gasteiger partial charge is 0.495 e. The fourth-order valence-electron chi connectivity index (χ4n) is 4.36. The molecule has 3 rings (SSSR count). The number of benzene rings is 3. The molecule has 0 saturated carbocycles. The van der Waals surface area contributed by atoms with Crippen molar-refractivity contribution >= 4 is 33.2 Å². The summed E-state index contributed by atoms with van der Waals surface area (Å²) in [6.45, 7) is 3.10. The fraction of sp³-hybridized carbons (Fsp3) is 0.333. The lowest BCUT2D eigenvalue weighted by Crippen LogP contribution is -2.54. The Morgan fingerprint density at radius 3 is 2.12 bits per heavy atom. The first-order valence-electron chi connectivity index (χ1n) is 13.4. The Labute approximate surface area is 246 Å². The van der Waals surface area contributed by atoms with E-state index in [0.29, 0.717) is 6.42 Å². The predicted octanol–water partition coefficient (Wildman–Crippen LogP) is 3.92. The zero-order valence-corrected chi connectivity index (χ0v) is 24.9. The Morgan fingerprint density at radius 2 is 1.60 bits per heavy atom. The van der Waals surface area contributed by atoms with Gasteiger partial charge in [0.1, 0.15) is 24.0 Å². The number of methoxy groups -OCH3 is 1. The van der Waals surface area contributed by atoms with Crippen LogP contribution in [-0.2, 0) is 32.6 Å². The molecule has 0 aliphatic heterocycles. The Bertz CT molecular complexity index is 1480. The molecule has 2 amide bonds. The summed E-state index contributed by atoms with van der Waals surface area (Å²) in [4.78, 5) is 40.0. The molecule has 2 atom stereocenters. The third kappa shape index (κ3) is 8.53. The second-order valence-electron chi connectivity index (χ2n) is 9.91. The summed E-state index contributed by atoms with van der Waals surface area (Å²) in [5.74, 6) is -1.02. The molecule has 0 saturated heterocycles. The SMILES string of the molecule is CC[C@H](C)NC(=O)[C@@H](Cc1ccccc1)N(Cc1ccccc1)C(=O)CN(c1cc([N+](=O)[O-])ccc1OC)S(C)(=O)=O. The number of sulfonamides is 1. The van der Waals surface area contributed by atoms with Crippen molar-refractivity contribution in [3.63, 3.8) is 0 Å². The predicted molar refractivity (Wildman–Crippen MR) is 161 cm³/mol. The van der Waals surface area contributed by atoms with Crippen LogP contribution in [0.5, 0.6) is 5.75 Å².